The maximum absolute atomic E-state index is 12.4. The number of amides is 2. The zero-order valence-electron chi connectivity index (χ0n) is 14.6. The van der Waals surface area contributed by atoms with Gasteiger partial charge in [0.2, 0.25) is 0 Å². The van der Waals surface area contributed by atoms with E-state index in [4.69, 9.17) is 0 Å². The van der Waals surface area contributed by atoms with Crippen LogP contribution in [0.4, 0.5) is 4.79 Å². The molecule has 132 valence electrons. The highest BCUT2D eigenvalue weighted by molar-refractivity contribution is 5.80. The van der Waals surface area contributed by atoms with Crippen LogP contribution in [0.5, 0.6) is 0 Å². The molecule has 3 rings (SSSR count). The average molecular weight is 334 g/mol. The van der Waals surface area contributed by atoms with Crippen molar-refractivity contribution < 1.29 is 14.7 Å². The minimum absolute atomic E-state index is 0.101. The van der Waals surface area contributed by atoms with Gasteiger partial charge in [0.15, 0.2) is 0 Å². The van der Waals surface area contributed by atoms with Gasteiger partial charge in [-0.25, -0.2) is 4.79 Å². The first-order valence-electron chi connectivity index (χ1n) is 8.60. The number of nitrogens with one attached hydrogen (secondary N) is 1. The Morgan fingerprint density at radius 2 is 2.17 bits per heavy atom. The number of likely N-dealkylation sites (tertiary alicyclic amines) is 1. The second kappa shape index (κ2) is 6.11. The minimum Gasteiger partial charge on any atom is -0.481 e. The van der Waals surface area contributed by atoms with E-state index in [1.807, 2.05) is 25.6 Å². The molecule has 2 N–H and O–H groups in total. The number of hydrogen-bond acceptors (Lipinski definition) is 3. The van der Waals surface area contributed by atoms with E-state index in [1.54, 1.807) is 4.90 Å². The van der Waals surface area contributed by atoms with Crippen LogP contribution < -0.4 is 5.32 Å². The Morgan fingerprint density at radius 3 is 2.75 bits per heavy atom. The number of carbonyl (C=O) groups excluding carboxylic acids is 1. The second-order valence-electron chi connectivity index (χ2n) is 7.19. The molecular formula is C17H26N4O3. The molecule has 0 unspecified atom stereocenters. The summed E-state index contributed by atoms with van der Waals surface area (Å²) < 4.78 is 1.85. The molecule has 2 fully saturated rings. The van der Waals surface area contributed by atoms with Crippen LogP contribution in [0.2, 0.25) is 0 Å². The van der Waals surface area contributed by atoms with E-state index in [0.29, 0.717) is 26.1 Å². The van der Waals surface area contributed by atoms with Gasteiger partial charge in [0, 0.05) is 32.4 Å². The Hall–Kier alpha value is -2.05. The molecule has 1 saturated carbocycles. The molecule has 2 atom stereocenters. The third-order valence-corrected chi connectivity index (χ3v) is 5.89. The van der Waals surface area contributed by atoms with Crippen LogP contribution in [-0.4, -0.2) is 51.4 Å². The fourth-order valence-corrected chi connectivity index (χ4v) is 4.38. The molecule has 7 heteroatoms. The fraction of sp³-hybridized carbons (Fsp3) is 0.706. The Bertz CT molecular complexity index is 669. The molecule has 7 nitrogen and oxygen atoms in total. The van der Waals surface area contributed by atoms with E-state index in [-0.39, 0.29) is 11.9 Å². The van der Waals surface area contributed by atoms with Gasteiger partial charge in [-0.15, -0.1) is 0 Å². The molecule has 0 bridgehead atoms. The smallest absolute Gasteiger partial charge is 0.317 e. The standard InChI is InChI=1S/C17H26N4O3/c1-11-14(12(2)20(3)19-11)6-8-18-16(24)21-9-13-5-4-7-17(13,10-21)15(22)23/h13H,4-10H2,1-3H3,(H,18,24)(H,22,23)/t13-,17+/m0/s1. The zero-order chi connectivity index (χ0) is 17.5. The van der Waals surface area contributed by atoms with Gasteiger partial charge in [-0.05, 0) is 44.6 Å². The van der Waals surface area contributed by atoms with Crippen molar-refractivity contribution in [1.29, 1.82) is 0 Å². The molecule has 0 radical (unpaired) electrons. The summed E-state index contributed by atoms with van der Waals surface area (Å²) in [7, 11) is 1.92. The third-order valence-electron chi connectivity index (χ3n) is 5.89. The van der Waals surface area contributed by atoms with Gasteiger partial charge in [-0.1, -0.05) is 6.42 Å². The number of aliphatic carboxylic acids is 1. The summed E-state index contributed by atoms with van der Waals surface area (Å²) in [6.45, 7) is 5.43. The highest BCUT2D eigenvalue weighted by atomic mass is 16.4. The van der Waals surface area contributed by atoms with Gasteiger partial charge < -0.3 is 15.3 Å². The van der Waals surface area contributed by atoms with Crippen molar-refractivity contribution in [3.05, 3.63) is 17.0 Å². The number of hydrogen-bond donors (Lipinski definition) is 2. The SMILES string of the molecule is Cc1nn(C)c(C)c1CCNC(=O)N1C[C@@H]2CCC[C@@]2(C(=O)O)C1. The minimum atomic E-state index is -0.748. The lowest BCUT2D eigenvalue weighted by Crippen LogP contribution is -2.42. The van der Waals surface area contributed by atoms with Crippen LogP contribution in [0, 0.1) is 25.2 Å². The van der Waals surface area contributed by atoms with Crippen LogP contribution in [0.25, 0.3) is 0 Å². The molecule has 0 aromatic carbocycles. The second-order valence-corrected chi connectivity index (χ2v) is 7.19. The van der Waals surface area contributed by atoms with Crippen molar-refractivity contribution in [3.63, 3.8) is 0 Å². The number of fused-ring (bicyclic) bond motifs is 1. The molecule has 1 aliphatic carbocycles. The summed E-state index contributed by atoms with van der Waals surface area (Å²) in [5.74, 6) is -0.648. The molecule has 2 heterocycles. The van der Waals surface area contributed by atoms with Crippen LogP contribution >= 0.6 is 0 Å². The monoisotopic (exact) mass is 334 g/mol. The summed E-state index contributed by atoms with van der Waals surface area (Å²) >= 11 is 0. The van der Waals surface area contributed by atoms with Crippen LogP contribution in [0.15, 0.2) is 0 Å². The molecule has 0 spiro atoms. The van der Waals surface area contributed by atoms with Crippen LogP contribution in [-0.2, 0) is 18.3 Å². The summed E-state index contributed by atoms with van der Waals surface area (Å²) in [6, 6.07) is -0.149. The molecular weight excluding hydrogens is 308 g/mol. The Labute approximate surface area is 142 Å². The first-order valence-corrected chi connectivity index (χ1v) is 8.60. The van der Waals surface area contributed by atoms with E-state index in [0.717, 1.165) is 36.2 Å². The van der Waals surface area contributed by atoms with Crippen LogP contribution in [0.3, 0.4) is 0 Å². The van der Waals surface area contributed by atoms with Gasteiger partial charge >= 0.3 is 12.0 Å². The van der Waals surface area contributed by atoms with E-state index >= 15 is 0 Å². The molecule has 24 heavy (non-hydrogen) atoms. The third kappa shape index (κ3) is 2.65. The quantitative estimate of drug-likeness (QED) is 0.873. The van der Waals surface area contributed by atoms with Crippen molar-refractivity contribution in [2.24, 2.45) is 18.4 Å². The molecule has 1 saturated heterocycles. The highest BCUT2D eigenvalue weighted by Crippen LogP contribution is 2.48. The summed E-state index contributed by atoms with van der Waals surface area (Å²) in [5, 5.41) is 16.9. The first-order chi connectivity index (χ1) is 11.3. The van der Waals surface area contributed by atoms with Gasteiger partial charge in [-0.3, -0.25) is 9.48 Å². The molecule has 2 aliphatic rings. The van der Waals surface area contributed by atoms with Crippen molar-refractivity contribution in [1.82, 2.24) is 20.0 Å². The lowest BCUT2D eigenvalue weighted by molar-refractivity contribution is -0.149. The first kappa shape index (κ1) is 16.8. The normalized spacial score (nSPS) is 25.8. The fourth-order valence-electron chi connectivity index (χ4n) is 4.38. The van der Waals surface area contributed by atoms with Gasteiger partial charge in [0.05, 0.1) is 11.1 Å². The van der Waals surface area contributed by atoms with E-state index in [1.165, 1.54) is 0 Å². The summed E-state index contributed by atoms with van der Waals surface area (Å²) in [6.07, 6.45) is 3.28. The van der Waals surface area contributed by atoms with E-state index in [9.17, 15) is 14.7 Å². The maximum atomic E-state index is 12.4. The van der Waals surface area contributed by atoms with Crippen molar-refractivity contribution in [3.8, 4) is 0 Å². The lowest BCUT2D eigenvalue weighted by Gasteiger charge is -2.23. The van der Waals surface area contributed by atoms with Crippen LogP contribution in [0.1, 0.15) is 36.2 Å². The highest BCUT2D eigenvalue weighted by Gasteiger charge is 2.55. The maximum Gasteiger partial charge on any atom is 0.317 e. The van der Waals surface area contributed by atoms with Gasteiger partial charge in [0.1, 0.15) is 0 Å². The number of carboxylic acids is 1. The largest absolute Gasteiger partial charge is 0.481 e. The molecule has 1 aliphatic heterocycles. The Kier molecular flexibility index (Phi) is 4.27. The number of nitrogens with zero attached hydrogens (tertiary/aromatic N) is 3. The topological polar surface area (TPSA) is 87.5 Å². The predicted octanol–water partition coefficient (Wildman–Crippen LogP) is 1.48. The summed E-state index contributed by atoms with van der Waals surface area (Å²) in [5.41, 5.74) is 2.55. The van der Waals surface area contributed by atoms with Crippen molar-refractivity contribution in [2.75, 3.05) is 19.6 Å². The van der Waals surface area contributed by atoms with Gasteiger partial charge in [0.25, 0.3) is 0 Å². The number of aryl methyl sites for hydroxylation is 2. The number of carboxylic acid groups (broad SMARTS) is 1. The number of rotatable bonds is 4. The lowest BCUT2D eigenvalue weighted by atomic mass is 9.81. The summed E-state index contributed by atoms with van der Waals surface area (Å²) in [4.78, 5) is 25.8. The Balaban J connectivity index is 1.56. The van der Waals surface area contributed by atoms with Gasteiger partial charge in [-0.2, -0.15) is 5.10 Å². The number of carbonyl (C=O) groups is 2. The van der Waals surface area contributed by atoms with Crippen molar-refractivity contribution >= 4 is 12.0 Å². The molecule has 2 amide bonds. The predicted molar refractivity (Wildman–Crippen MR) is 88.8 cm³/mol. The number of aromatic nitrogens is 2. The van der Waals surface area contributed by atoms with E-state index in [2.05, 4.69) is 10.4 Å². The molecule has 1 aromatic heterocycles. The average Bonchev–Trinajstić information content (AvgIpc) is 3.14. The molecule has 1 aromatic rings. The zero-order valence-corrected chi connectivity index (χ0v) is 14.6. The van der Waals surface area contributed by atoms with Crippen molar-refractivity contribution in [2.45, 2.75) is 39.5 Å². The number of urea groups is 1. The van der Waals surface area contributed by atoms with E-state index < -0.39 is 11.4 Å². The Morgan fingerprint density at radius 1 is 1.42 bits per heavy atom.